The molecular weight excluding hydrogens is 1580 g/mol. The van der Waals surface area contributed by atoms with Gasteiger partial charge in [-0.15, -0.1) is 102 Å². The second-order valence-corrected chi connectivity index (χ2v) is 35.2. The molecule has 0 amide bonds. The number of hydrogen-bond acceptors (Lipinski definition) is 11. The molecule has 8 radical (unpaired) electrons. The molecule has 488 valence electrons. The number of aliphatic hydroxyl groups is 2. The largest absolute Gasteiger partial charge is 0.748 e. The molecule has 0 aliphatic heterocycles. The summed E-state index contributed by atoms with van der Waals surface area (Å²) in [6.07, 6.45) is 12.9. The Bertz CT molecular complexity index is 4140. The first kappa shape index (κ1) is 80.3. The van der Waals surface area contributed by atoms with Gasteiger partial charge >= 0.3 is 0 Å². The molecule has 11 nitrogen and oxygen atoms in total. The maximum atomic E-state index is 9.08. The average Bonchev–Trinajstić information content (AvgIpc) is 1.64. The van der Waals surface area contributed by atoms with E-state index in [1.807, 2.05) is 123 Å². The van der Waals surface area contributed by atoms with E-state index in [2.05, 4.69) is 197 Å². The first-order valence-corrected chi connectivity index (χ1v) is 39.3. The smallest absolute Gasteiger partial charge is 0.144 e. The zero-order chi connectivity index (χ0) is 67.7. The SMILES string of the molecule is CC#CC.CO.CO.CS(=O)(=O)[O-].C[Si](C)(C)c1ccc2oc3c(-c4ccccn4)[c-]ccc3c2c1.C[Si](C)(C)c1ccc2oc3c(-c4ccccn4)cccc3c2c1.[B]B([B])[B].[Ir].[Ir].[c-]1ccccc1-c1ccc(C2CC2)cn1.[c-]1ccccc1-c1ccc(C2CC2)cn1. The Balaban J connectivity index is 0.000000251. The fourth-order valence-electron chi connectivity index (χ4n) is 9.45. The summed E-state index contributed by atoms with van der Waals surface area (Å²) in [7, 11) is 9.39. The number of hydrogen-bond donors (Lipinski definition) is 2. The maximum Gasteiger partial charge on any atom is 0.144 e. The second-order valence-electron chi connectivity index (χ2n) is 23.7. The van der Waals surface area contributed by atoms with Crippen LogP contribution in [0.5, 0.6) is 0 Å². The van der Waals surface area contributed by atoms with Gasteiger partial charge in [0.05, 0.1) is 37.5 Å². The third kappa shape index (κ3) is 25.1. The first-order valence-electron chi connectivity index (χ1n) is 30.5. The summed E-state index contributed by atoms with van der Waals surface area (Å²) < 4.78 is 39.6. The van der Waals surface area contributed by atoms with Crippen molar-refractivity contribution in [3.8, 4) is 56.9 Å². The van der Waals surface area contributed by atoms with Crippen LogP contribution in [0.4, 0.5) is 0 Å². The van der Waals surface area contributed by atoms with Gasteiger partial charge in [0.2, 0.25) is 0 Å². The van der Waals surface area contributed by atoms with Crippen LogP contribution in [0.1, 0.15) is 62.5 Å². The minimum Gasteiger partial charge on any atom is -0.748 e. The number of pyridine rings is 4. The molecule has 2 aliphatic rings. The van der Waals surface area contributed by atoms with Gasteiger partial charge in [-0.25, -0.2) is 8.42 Å². The van der Waals surface area contributed by atoms with Gasteiger partial charge in [0.15, 0.2) is 0 Å². The van der Waals surface area contributed by atoms with Crippen molar-refractivity contribution in [1.82, 2.24) is 19.9 Å². The van der Waals surface area contributed by atoms with Crippen LogP contribution in [0.25, 0.3) is 88.9 Å². The molecule has 0 saturated heterocycles. The van der Waals surface area contributed by atoms with E-state index in [-0.39, 0.29) is 40.2 Å². The van der Waals surface area contributed by atoms with Crippen molar-refractivity contribution in [2.24, 2.45) is 0 Å². The minimum absolute atomic E-state index is 0. The summed E-state index contributed by atoms with van der Waals surface area (Å²) >= 11 is 0. The Morgan fingerprint density at radius 2 is 0.926 bits per heavy atom. The van der Waals surface area contributed by atoms with Crippen molar-refractivity contribution in [3.05, 3.63) is 230 Å². The molecular formula is C75H78B4Ir2N4O7SSi2-4. The van der Waals surface area contributed by atoms with Crippen LogP contribution in [0.15, 0.2) is 210 Å². The average molecular weight is 1660 g/mol. The zero-order valence-electron chi connectivity index (χ0n) is 55.6. The van der Waals surface area contributed by atoms with Gasteiger partial charge in [-0.3, -0.25) is 4.98 Å². The molecule has 0 spiro atoms. The van der Waals surface area contributed by atoms with E-state index in [4.69, 9.17) is 32.0 Å². The van der Waals surface area contributed by atoms with Crippen molar-refractivity contribution in [2.75, 3.05) is 20.5 Å². The van der Waals surface area contributed by atoms with E-state index in [1.165, 1.54) is 63.3 Å². The molecule has 2 N–H and O–H groups in total. The predicted octanol–water partition coefficient (Wildman–Crippen LogP) is 14.9. The molecule has 0 unspecified atom stereocenters. The normalized spacial score (nSPS) is 11.8. The minimum atomic E-state index is -3.92. The quantitative estimate of drug-likeness (QED) is 0.0641. The standard InChI is InChI=1S/C20H19NOSi.C20H18NOSi.2C14H12N.C4H6.CH4O3S.2CH4O.B4.2Ir/c2*1-23(2,3)14-10-11-19-17(13-14)15-7-6-8-16(20(15)22-19)18-9-4-5-12-21-18;2*1-2-4-12(5-3-1)14-9-8-13(10-15-14)11-6-7-11;1-3-4-2;1-5(2,3)4;2*1-2;1-4(2)3;;/h4-13H,1-3H3;4-7,9-13H,1-3H3;2*1-4,8-11H,6-7H2;1-2H3;1H3,(H,2,3,4);2*2H,1H3;;;/q;3*-1;;;;;;;/p-1. The van der Waals surface area contributed by atoms with Gasteiger partial charge < -0.3 is 38.6 Å². The fraction of sp³-hybridized carbons (Fsp3) is 0.227. The predicted molar refractivity (Wildman–Crippen MR) is 394 cm³/mol. The van der Waals surface area contributed by atoms with E-state index >= 15 is 0 Å². The van der Waals surface area contributed by atoms with E-state index < -0.39 is 32.7 Å². The van der Waals surface area contributed by atoms with Crippen molar-refractivity contribution in [1.29, 1.82) is 0 Å². The number of benzene rings is 6. The summed E-state index contributed by atoms with van der Waals surface area (Å²) in [6, 6.07) is 69.6. The van der Waals surface area contributed by atoms with Gasteiger partial charge in [-0.1, -0.05) is 139 Å². The first-order chi connectivity index (χ1) is 44.6. The summed E-state index contributed by atoms with van der Waals surface area (Å²) in [4.78, 5) is 17.9. The van der Waals surface area contributed by atoms with Crippen LogP contribution in [-0.2, 0) is 50.3 Å². The molecule has 20 heteroatoms. The third-order valence-corrected chi connectivity index (χ3v) is 18.5. The molecule has 2 aliphatic carbocycles. The molecule has 14 rings (SSSR count). The van der Waals surface area contributed by atoms with E-state index in [1.54, 1.807) is 6.20 Å². The molecule has 0 bridgehead atoms. The Kier molecular flexibility index (Phi) is 33.1. The molecule has 6 heterocycles. The Labute approximate surface area is 595 Å². The number of rotatable bonds is 8. The van der Waals surface area contributed by atoms with Crippen LogP contribution >= 0.6 is 0 Å². The van der Waals surface area contributed by atoms with Crippen molar-refractivity contribution < 1.29 is 72.2 Å². The maximum absolute atomic E-state index is 9.08. The van der Waals surface area contributed by atoms with Gasteiger partial charge in [0.25, 0.3) is 0 Å². The number of aliphatic hydroxyl groups excluding tert-OH is 2. The molecule has 95 heavy (non-hydrogen) atoms. The molecule has 2 saturated carbocycles. The monoisotopic (exact) mass is 1660 g/mol. The van der Waals surface area contributed by atoms with E-state index in [9.17, 15) is 0 Å². The van der Waals surface area contributed by atoms with E-state index in [0.29, 0.717) is 6.26 Å². The van der Waals surface area contributed by atoms with Crippen molar-refractivity contribution in [2.45, 2.75) is 90.6 Å². The Hall–Kier alpha value is -7.10. The van der Waals surface area contributed by atoms with Crippen LogP contribution in [0, 0.1) is 30.0 Å². The summed E-state index contributed by atoms with van der Waals surface area (Å²) in [5, 5.41) is 21.6. The second kappa shape index (κ2) is 39.2. The molecule has 6 aromatic carbocycles. The Morgan fingerprint density at radius 3 is 1.29 bits per heavy atom. The fourth-order valence-corrected chi connectivity index (χ4v) is 11.8. The number of furan rings is 2. The zero-order valence-corrected chi connectivity index (χ0v) is 63.3. The summed E-state index contributed by atoms with van der Waals surface area (Å²) in [5.74, 6) is 6.93. The summed E-state index contributed by atoms with van der Waals surface area (Å²) in [5.41, 5.74) is 14.4. The van der Waals surface area contributed by atoms with Crippen LogP contribution < -0.4 is 10.4 Å². The topological polar surface area (TPSA) is 175 Å². The van der Waals surface area contributed by atoms with Crippen LogP contribution in [0.3, 0.4) is 0 Å². The van der Waals surface area contributed by atoms with Gasteiger partial charge in [-0.05, 0) is 116 Å². The third-order valence-electron chi connectivity index (χ3n) is 14.4. The Morgan fingerprint density at radius 1 is 0.505 bits per heavy atom. The molecule has 6 aromatic heterocycles. The van der Waals surface area contributed by atoms with Crippen LogP contribution in [0.2, 0.25) is 39.3 Å². The number of aromatic nitrogens is 4. The summed E-state index contributed by atoms with van der Waals surface area (Å²) in [6.45, 7) is 17.8. The number of nitrogens with zero attached hydrogens (tertiary/aromatic N) is 4. The van der Waals surface area contributed by atoms with Gasteiger partial charge in [0.1, 0.15) is 16.7 Å². The number of para-hydroxylation sites is 1. The van der Waals surface area contributed by atoms with Gasteiger partial charge in [0, 0.05) is 137 Å². The van der Waals surface area contributed by atoms with Crippen LogP contribution in [-0.4, -0.2) is 109 Å². The van der Waals surface area contributed by atoms with Crippen molar-refractivity contribution in [3.63, 3.8) is 0 Å². The van der Waals surface area contributed by atoms with Gasteiger partial charge in [-0.2, -0.15) is 0 Å². The number of fused-ring (bicyclic) bond motifs is 6. The molecule has 2 fully saturated rings. The molecule has 0 atom stereocenters. The van der Waals surface area contributed by atoms with Crippen molar-refractivity contribution >= 4 is 110 Å². The molecule has 12 aromatic rings. The van der Waals surface area contributed by atoms with E-state index in [0.717, 1.165) is 98.8 Å².